The predicted octanol–water partition coefficient (Wildman–Crippen LogP) is 5.63. The summed E-state index contributed by atoms with van der Waals surface area (Å²) >= 11 is 6.09. The van der Waals surface area contributed by atoms with Crippen molar-refractivity contribution in [2.24, 2.45) is 0 Å². The molecule has 0 saturated carbocycles. The first-order valence-electron chi connectivity index (χ1n) is 10.5. The van der Waals surface area contributed by atoms with Crippen molar-refractivity contribution in [2.45, 2.75) is 20.5 Å². The molecule has 2 N–H and O–H groups in total. The Morgan fingerprint density at radius 3 is 2.49 bits per heavy atom. The minimum Gasteiger partial charge on any atom is -0.493 e. The molecule has 35 heavy (non-hydrogen) atoms. The van der Waals surface area contributed by atoms with Gasteiger partial charge in [-0.1, -0.05) is 16.8 Å². The zero-order valence-electron chi connectivity index (χ0n) is 19.2. The zero-order chi connectivity index (χ0) is 24.9. The molecule has 2 heterocycles. The van der Waals surface area contributed by atoms with E-state index in [1.54, 1.807) is 36.4 Å². The van der Waals surface area contributed by atoms with Crippen LogP contribution in [-0.4, -0.2) is 24.1 Å². The molecule has 10 heteroatoms. The van der Waals surface area contributed by atoms with Crippen LogP contribution in [0.4, 0.5) is 11.4 Å². The largest absolute Gasteiger partial charge is 0.493 e. The Hall–Kier alpha value is -4.24. The smallest absolute Gasteiger partial charge is 0.291 e. The third-order valence-electron chi connectivity index (χ3n) is 5.20. The molecule has 0 aliphatic carbocycles. The number of hydrogen-bond donors (Lipinski definition) is 2. The highest BCUT2D eigenvalue weighted by Crippen LogP contribution is 2.31. The van der Waals surface area contributed by atoms with Gasteiger partial charge in [0.05, 0.1) is 36.0 Å². The van der Waals surface area contributed by atoms with Crippen molar-refractivity contribution < 1.29 is 28.0 Å². The zero-order valence-corrected chi connectivity index (χ0v) is 19.9. The van der Waals surface area contributed by atoms with Gasteiger partial charge < -0.3 is 29.0 Å². The second-order valence-electron chi connectivity index (χ2n) is 7.53. The molecule has 2 amide bonds. The molecule has 0 aliphatic heterocycles. The summed E-state index contributed by atoms with van der Waals surface area (Å²) in [4.78, 5) is 25.4. The maximum atomic E-state index is 13.0. The van der Waals surface area contributed by atoms with E-state index in [2.05, 4.69) is 15.8 Å². The summed E-state index contributed by atoms with van der Waals surface area (Å²) in [7, 11) is 1.49. The minimum absolute atomic E-state index is 0.124. The molecule has 0 radical (unpaired) electrons. The second-order valence-corrected chi connectivity index (χ2v) is 7.97. The van der Waals surface area contributed by atoms with Gasteiger partial charge in [-0.25, -0.2) is 0 Å². The van der Waals surface area contributed by atoms with Gasteiger partial charge in [0, 0.05) is 10.6 Å². The number of furan rings is 1. The van der Waals surface area contributed by atoms with Crippen LogP contribution >= 0.6 is 11.6 Å². The van der Waals surface area contributed by atoms with Crippen LogP contribution in [0.3, 0.4) is 0 Å². The number of rotatable bonds is 8. The highest BCUT2D eigenvalue weighted by molar-refractivity contribution is 6.31. The number of amides is 2. The van der Waals surface area contributed by atoms with E-state index in [-0.39, 0.29) is 12.4 Å². The summed E-state index contributed by atoms with van der Waals surface area (Å²) in [6.45, 7) is 3.89. The lowest BCUT2D eigenvalue weighted by Gasteiger charge is -2.14. The Bertz CT molecular complexity index is 1340. The number of methoxy groups -OCH3 is 1. The van der Waals surface area contributed by atoms with Crippen LogP contribution in [-0.2, 0) is 6.61 Å². The topological polar surface area (TPSA) is 116 Å². The van der Waals surface area contributed by atoms with Gasteiger partial charge in [0.15, 0.2) is 17.3 Å². The van der Waals surface area contributed by atoms with Crippen LogP contribution in [0.25, 0.3) is 0 Å². The van der Waals surface area contributed by atoms with Gasteiger partial charge in [-0.3, -0.25) is 9.59 Å². The van der Waals surface area contributed by atoms with Crippen LogP contribution in [0.2, 0.25) is 5.02 Å². The molecule has 0 unspecified atom stereocenters. The molecule has 9 nitrogen and oxygen atoms in total. The molecule has 0 atom stereocenters. The molecule has 4 rings (SSSR count). The van der Waals surface area contributed by atoms with Crippen LogP contribution in [0.15, 0.2) is 63.7 Å². The molecule has 0 saturated heterocycles. The highest BCUT2D eigenvalue weighted by Gasteiger charge is 2.17. The Balaban J connectivity index is 1.50. The third kappa shape index (κ3) is 5.47. The van der Waals surface area contributed by atoms with Gasteiger partial charge >= 0.3 is 0 Å². The van der Waals surface area contributed by atoms with Crippen LogP contribution in [0, 0.1) is 13.8 Å². The molecule has 0 fully saturated rings. The molecular formula is C25H22ClN3O6. The fourth-order valence-corrected chi connectivity index (χ4v) is 3.47. The Morgan fingerprint density at radius 1 is 1.00 bits per heavy atom. The lowest BCUT2D eigenvalue weighted by molar-refractivity contribution is 0.0993. The summed E-state index contributed by atoms with van der Waals surface area (Å²) in [6.07, 6.45) is 1.39. The molecule has 0 aliphatic rings. The number of halogens is 1. The maximum Gasteiger partial charge on any atom is 0.291 e. The molecular weight excluding hydrogens is 474 g/mol. The molecule has 2 aromatic heterocycles. The van der Waals surface area contributed by atoms with Gasteiger partial charge in [-0.05, 0) is 62.4 Å². The Labute approximate surface area is 206 Å². The van der Waals surface area contributed by atoms with Crippen molar-refractivity contribution in [3.8, 4) is 11.5 Å². The Morgan fingerprint density at radius 2 is 1.80 bits per heavy atom. The lowest BCUT2D eigenvalue weighted by Crippen LogP contribution is -2.16. The second kappa shape index (κ2) is 10.4. The molecule has 0 bridgehead atoms. The highest BCUT2D eigenvalue weighted by atomic mass is 35.5. The summed E-state index contributed by atoms with van der Waals surface area (Å²) in [5, 5.41) is 9.78. The monoisotopic (exact) mass is 495 g/mol. The fraction of sp³-hybridized carbons (Fsp3) is 0.160. The Kier molecular flexibility index (Phi) is 7.07. The van der Waals surface area contributed by atoms with Crippen molar-refractivity contribution >= 4 is 34.8 Å². The molecule has 0 spiro atoms. The third-order valence-corrected chi connectivity index (χ3v) is 5.44. The van der Waals surface area contributed by atoms with Gasteiger partial charge in [0.1, 0.15) is 12.4 Å². The summed E-state index contributed by atoms with van der Waals surface area (Å²) in [5.41, 5.74) is 2.59. The predicted molar refractivity (Wildman–Crippen MR) is 129 cm³/mol. The van der Waals surface area contributed by atoms with Crippen LogP contribution < -0.4 is 20.1 Å². The van der Waals surface area contributed by atoms with Crippen molar-refractivity contribution in [3.05, 3.63) is 88.2 Å². The fourth-order valence-electron chi connectivity index (χ4n) is 3.30. The minimum atomic E-state index is -0.478. The number of anilines is 2. The van der Waals surface area contributed by atoms with Crippen molar-refractivity contribution in [3.63, 3.8) is 0 Å². The van der Waals surface area contributed by atoms with E-state index in [0.29, 0.717) is 39.2 Å². The first kappa shape index (κ1) is 23.9. The quantitative estimate of drug-likeness (QED) is 0.325. The first-order valence-corrected chi connectivity index (χ1v) is 10.9. The first-order chi connectivity index (χ1) is 16.9. The van der Waals surface area contributed by atoms with Crippen molar-refractivity contribution in [1.82, 2.24) is 5.16 Å². The van der Waals surface area contributed by atoms with E-state index in [1.807, 2.05) is 13.8 Å². The number of aromatic nitrogens is 1. The number of ether oxygens (including phenoxy) is 2. The SMILES string of the molecule is COc1cc(C(=O)Nc2ccc(Cl)cc2NC(=O)c2ccco2)ccc1OCc1c(C)noc1C. The summed E-state index contributed by atoms with van der Waals surface area (Å²) < 4.78 is 21.6. The number of benzene rings is 2. The van der Waals surface area contributed by atoms with E-state index in [1.165, 1.54) is 25.5 Å². The van der Waals surface area contributed by atoms with Gasteiger partial charge in [0.25, 0.3) is 11.8 Å². The normalized spacial score (nSPS) is 10.6. The molecule has 4 aromatic rings. The lowest BCUT2D eigenvalue weighted by atomic mass is 10.1. The number of hydrogen-bond acceptors (Lipinski definition) is 7. The van der Waals surface area contributed by atoms with E-state index in [0.717, 1.165) is 11.3 Å². The van der Waals surface area contributed by atoms with Crippen LogP contribution in [0.1, 0.15) is 37.9 Å². The number of carbonyl (C=O) groups is 2. The van der Waals surface area contributed by atoms with Gasteiger partial charge in [-0.2, -0.15) is 0 Å². The maximum absolute atomic E-state index is 13.0. The number of nitrogens with zero attached hydrogens (tertiary/aromatic N) is 1. The average molecular weight is 496 g/mol. The summed E-state index contributed by atoms with van der Waals surface area (Å²) in [5.74, 6) is 0.744. The number of nitrogens with one attached hydrogen (secondary N) is 2. The van der Waals surface area contributed by atoms with Crippen molar-refractivity contribution in [1.29, 1.82) is 0 Å². The number of aryl methyl sites for hydroxylation is 2. The summed E-state index contributed by atoms with van der Waals surface area (Å²) in [6, 6.07) is 12.7. The van der Waals surface area contributed by atoms with Gasteiger partial charge in [0.2, 0.25) is 0 Å². The van der Waals surface area contributed by atoms with E-state index >= 15 is 0 Å². The van der Waals surface area contributed by atoms with E-state index in [9.17, 15) is 9.59 Å². The van der Waals surface area contributed by atoms with Crippen molar-refractivity contribution in [2.75, 3.05) is 17.7 Å². The molecule has 180 valence electrons. The van der Waals surface area contributed by atoms with E-state index < -0.39 is 11.8 Å². The molecule has 2 aromatic carbocycles. The number of carbonyl (C=O) groups excluding carboxylic acids is 2. The average Bonchev–Trinajstić information content (AvgIpc) is 3.50. The standard InChI is InChI=1S/C25H22ClN3O6/c1-14-18(15(2)35-29-14)13-34-21-9-6-16(11-23(21)32-3)24(30)27-19-8-7-17(26)12-20(19)28-25(31)22-5-4-10-33-22/h4-12H,13H2,1-3H3,(H,27,30)(H,28,31). The van der Waals surface area contributed by atoms with Gasteiger partial charge in [-0.15, -0.1) is 0 Å². The van der Waals surface area contributed by atoms with Crippen LogP contribution in [0.5, 0.6) is 11.5 Å². The van der Waals surface area contributed by atoms with E-state index in [4.69, 9.17) is 30.0 Å².